The van der Waals surface area contributed by atoms with Gasteiger partial charge in [-0.05, 0) is 18.0 Å². The highest BCUT2D eigenvalue weighted by Crippen LogP contribution is 2.22. The van der Waals surface area contributed by atoms with Gasteiger partial charge in [0.25, 0.3) is 0 Å². The average molecular weight is 150 g/mol. The molecular weight excluding hydrogens is 146 g/mol. The second-order valence-electron chi connectivity index (χ2n) is 1.35. The van der Waals surface area contributed by atoms with E-state index in [0.717, 1.165) is 6.29 Å². The lowest BCUT2D eigenvalue weighted by molar-refractivity contribution is -0.108. The van der Waals surface area contributed by atoms with Gasteiger partial charge in [-0.2, -0.15) is 0 Å². The Morgan fingerprint density at radius 2 is 2.75 bits per heavy atom. The Bertz CT molecular complexity index is 136. The summed E-state index contributed by atoms with van der Waals surface area (Å²) in [5, 5.41) is 0. The first-order chi connectivity index (χ1) is 3.83. The zero-order valence-electron chi connectivity index (χ0n) is 3.93. The maximum Gasteiger partial charge on any atom is 0.141 e. The fourth-order valence-electron chi connectivity index (χ4n) is 0.401. The van der Waals surface area contributed by atoms with Gasteiger partial charge in [0.05, 0.1) is 10.4 Å². The first kappa shape index (κ1) is 6.13. The molecule has 0 aliphatic carbocycles. The van der Waals surface area contributed by atoms with E-state index in [0.29, 0.717) is 4.36 Å². The predicted octanol–water partition coefficient (Wildman–Crippen LogP) is 0.885. The number of aldehydes is 1. The minimum absolute atomic E-state index is 0.188. The summed E-state index contributed by atoms with van der Waals surface area (Å²) in [5.41, 5.74) is 0. The standard InChI is InChI=1S/C4H4ClNOS/c5-4-1-3(2-7)6-8-4/h1-3,6H. The highest BCUT2D eigenvalue weighted by Gasteiger charge is 2.11. The van der Waals surface area contributed by atoms with Crippen molar-refractivity contribution in [2.45, 2.75) is 6.04 Å². The normalized spacial score (nSPS) is 27.6. The molecule has 0 aromatic heterocycles. The summed E-state index contributed by atoms with van der Waals surface area (Å²) in [6.07, 6.45) is 2.47. The lowest BCUT2D eigenvalue weighted by Gasteiger charge is -1.91. The van der Waals surface area contributed by atoms with Crippen LogP contribution in [0, 0.1) is 0 Å². The highest BCUT2D eigenvalue weighted by atomic mass is 35.5. The van der Waals surface area contributed by atoms with E-state index < -0.39 is 0 Å². The third-order valence-corrected chi connectivity index (χ3v) is 1.83. The SMILES string of the molecule is O=CC1C=C(Cl)SN1. The Hall–Kier alpha value is 0.01000. The lowest BCUT2D eigenvalue weighted by atomic mass is 10.4. The predicted molar refractivity (Wildman–Crippen MR) is 34.5 cm³/mol. The van der Waals surface area contributed by atoms with Gasteiger partial charge in [0.1, 0.15) is 6.29 Å². The van der Waals surface area contributed by atoms with Crippen molar-refractivity contribution in [3.63, 3.8) is 0 Å². The first-order valence-corrected chi connectivity index (χ1v) is 3.27. The Labute approximate surface area is 56.4 Å². The van der Waals surface area contributed by atoms with Crippen molar-refractivity contribution in [3.05, 3.63) is 10.4 Å². The topological polar surface area (TPSA) is 29.1 Å². The number of carbonyl (C=O) groups is 1. The van der Waals surface area contributed by atoms with Crippen molar-refractivity contribution in [2.75, 3.05) is 0 Å². The molecular formula is C4H4ClNOS. The average Bonchev–Trinajstić information content (AvgIpc) is 2.14. The van der Waals surface area contributed by atoms with Gasteiger partial charge in [0.15, 0.2) is 0 Å². The van der Waals surface area contributed by atoms with Crippen LogP contribution < -0.4 is 4.72 Å². The van der Waals surface area contributed by atoms with E-state index in [9.17, 15) is 4.79 Å². The maximum absolute atomic E-state index is 9.97. The van der Waals surface area contributed by atoms with Crippen LogP contribution in [0.3, 0.4) is 0 Å². The molecule has 0 amide bonds. The number of hydrogen-bond acceptors (Lipinski definition) is 3. The molecule has 0 saturated carbocycles. The molecule has 0 bridgehead atoms. The molecule has 4 heteroatoms. The largest absolute Gasteiger partial charge is 0.301 e. The van der Waals surface area contributed by atoms with Crippen LogP contribution in [0.2, 0.25) is 0 Å². The molecule has 8 heavy (non-hydrogen) atoms. The number of nitrogens with one attached hydrogen (secondary N) is 1. The Morgan fingerprint density at radius 1 is 2.00 bits per heavy atom. The summed E-state index contributed by atoms with van der Waals surface area (Å²) in [4.78, 5) is 9.97. The van der Waals surface area contributed by atoms with E-state index in [2.05, 4.69) is 4.72 Å². The molecule has 0 radical (unpaired) electrons. The minimum atomic E-state index is -0.188. The van der Waals surface area contributed by atoms with Crippen molar-refractivity contribution in [2.24, 2.45) is 0 Å². The first-order valence-electron chi connectivity index (χ1n) is 2.08. The molecule has 2 nitrogen and oxygen atoms in total. The summed E-state index contributed by atoms with van der Waals surface area (Å²) in [6.45, 7) is 0. The fraction of sp³-hybridized carbons (Fsp3) is 0.250. The zero-order chi connectivity index (χ0) is 5.98. The Morgan fingerprint density at radius 3 is 3.00 bits per heavy atom. The quantitative estimate of drug-likeness (QED) is 0.444. The van der Waals surface area contributed by atoms with E-state index in [1.807, 2.05) is 0 Å². The number of carbonyl (C=O) groups excluding carboxylic acids is 1. The Balaban J connectivity index is 2.53. The fourth-order valence-corrected chi connectivity index (χ4v) is 1.26. The van der Waals surface area contributed by atoms with Crippen LogP contribution in [0.5, 0.6) is 0 Å². The number of halogens is 1. The molecule has 44 valence electrons. The van der Waals surface area contributed by atoms with Crippen molar-refractivity contribution in [1.29, 1.82) is 0 Å². The van der Waals surface area contributed by atoms with Crippen molar-refractivity contribution < 1.29 is 4.79 Å². The third kappa shape index (κ3) is 1.24. The number of hydrogen-bond donors (Lipinski definition) is 1. The van der Waals surface area contributed by atoms with Crippen LogP contribution in [0.4, 0.5) is 0 Å². The molecule has 1 unspecified atom stereocenters. The summed E-state index contributed by atoms with van der Waals surface area (Å²) >= 11 is 6.76. The van der Waals surface area contributed by atoms with Gasteiger partial charge in [-0.1, -0.05) is 11.6 Å². The van der Waals surface area contributed by atoms with Gasteiger partial charge in [0.2, 0.25) is 0 Å². The second kappa shape index (κ2) is 2.53. The molecule has 0 aromatic rings. The smallest absolute Gasteiger partial charge is 0.141 e. The van der Waals surface area contributed by atoms with Crippen molar-refractivity contribution in [1.82, 2.24) is 4.72 Å². The van der Waals surface area contributed by atoms with E-state index >= 15 is 0 Å². The zero-order valence-corrected chi connectivity index (χ0v) is 5.50. The monoisotopic (exact) mass is 149 g/mol. The van der Waals surface area contributed by atoms with E-state index in [1.165, 1.54) is 11.9 Å². The van der Waals surface area contributed by atoms with E-state index in [4.69, 9.17) is 11.6 Å². The summed E-state index contributed by atoms with van der Waals surface area (Å²) in [7, 11) is 0. The van der Waals surface area contributed by atoms with Crippen LogP contribution in [0.1, 0.15) is 0 Å². The van der Waals surface area contributed by atoms with Gasteiger partial charge in [0, 0.05) is 0 Å². The van der Waals surface area contributed by atoms with E-state index in [1.54, 1.807) is 6.08 Å². The van der Waals surface area contributed by atoms with Crippen LogP contribution in [-0.4, -0.2) is 12.3 Å². The van der Waals surface area contributed by atoms with Gasteiger partial charge in [-0.25, -0.2) is 4.72 Å². The molecule has 1 rings (SSSR count). The second-order valence-corrected chi connectivity index (χ2v) is 2.86. The highest BCUT2D eigenvalue weighted by molar-refractivity contribution is 8.03. The van der Waals surface area contributed by atoms with Crippen LogP contribution in [0.15, 0.2) is 10.4 Å². The van der Waals surface area contributed by atoms with Crippen molar-refractivity contribution in [3.8, 4) is 0 Å². The van der Waals surface area contributed by atoms with Gasteiger partial charge < -0.3 is 4.79 Å². The van der Waals surface area contributed by atoms with Crippen LogP contribution >= 0.6 is 23.5 Å². The van der Waals surface area contributed by atoms with Gasteiger partial charge in [-0.15, -0.1) is 0 Å². The molecule has 1 aliphatic rings. The van der Waals surface area contributed by atoms with Crippen LogP contribution in [0.25, 0.3) is 0 Å². The lowest BCUT2D eigenvalue weighted by Crippen LogP contribution is -2.16. The number of rotatable bonds is 1. The third-order valence-electron chi connectivity index (χ3n) is 0.750. The molecule has 0 fully saturated rings. The van der Waals surface area contributed by atoms with Crippen LogP contribution in [-0.2, 0) is 4.79 Å². The summed E-state index contributed by atoms with van der Waals surface area (Å²) in [5.74, 6) is 0. The molecule has 0 aromatic carbocycles. The summed E-state index contributed by atoms with van der Waals surface area (Å²) in [6, 6.07) is -0.188. The molecule has 0 spiro atoms. The maximum atomic E-state index is 9.97. The summed E-state index contributed by atoms with van der Waals surface area (Å²) < 4.78 is 3.42. The molecule has 1 N–H and O–H groups in total. The van der Waals surface area contributed by atoms with E-state index in [-0.39, 0.29) is 6.04 Å². The van der Waals surface area contributed by atoms with Crippen molar-refractivity contribution >= 4 is 29.8 Å². The minimum Gasteiger partial charge on any atom is -0.301 e. The molecule has 1 atom stereocenters. The van der Waals surface area contributed by atoms with Gasteiger partial charge >= 0.3 is 0 Å². The molecule has 1 heterocycles. The molecule has 1 aliphatic heterocycles. The Kier molecular flexibility index (Phi) is 1.94. The molecule has 0 saturated heterocycles. The van der Waals surface area contributed by atoms with Gasteiger partial charge in [-0.3, -0.25) is 0 Å².